The molecule has 1 unspecified atom stereocenters. The minimum atomic E-state index is -2.54. The number of halogens is 2. The first-order chi connectivity index (χ1) is 17.4. The summed E-state index contributed by atoms with van der Waals surface area (Å²) < 4.78 is 40.9. The van der Waals surface area contributed by atoms with Crippen molar-refractivity contribution in [1.82, 2.24) is 9.47 Å². The van der Waals surface area contributed by atoms with Crippen LogP contribution < -0.4 is 4.74 Å². The Morgan fingerprint density at radius 3 is 2.46 bits per heavy atom. The second-order valence-electron chi connectivity index (χ2n) is 11.9. The molecule has 1 spiro atoms. The topological polar surface area (TPSA) is 43.7 Å². The maximum atomic E-state index is 14.0. The molecule has 0 N–H and O–H groups in total. The van der Waals surface area contributed by atoms with Crippen LogP contribution in [0.3, 0.4) is 0 Å². The van der Waals surface area contributed by atoms with Gasteiger partial charge in [0.25, 0.3) is 0 Å². The summed E-state index contributed by atoms with van der Waals surface area (Å²) in [6.45, 7) is 8.82. The van der Waals surface area contributed by atoms with Gasteiger partial charge < -0.3 is 9.47 Å². The quantitative estimate of drug-likeness (QED) is 0.365. The fourth-order valence-corrected chi connectivity index (χ4v) is 6.31. The lowest BCUT2D eigenvalue weighted by Crippen LogP contribution is -2.53. The molecule has 1 atom stereocenters. The number of alkyl halides is 2. The monoisotopic (exact) mass is 510 g/mol. The van der Waals surface area contributed by atoms with E-state index in [1.807, 2.05) is 58.0 Å². The zero-order chi connectivity index (χ0) is 26.6. The average molecular weight is 511 g/mol. The van der Waals surface area contributed by atoms with Gasteiger partial charge >= 0.3 is 6.09 Å². The van der Waals surface area contributed by atoms with E-state index in [2.05, 4.69) is 17.0 Å². The largest absolute Gasteiger partial charge is 0.496 e. The first kappa shape index (κ1) is 25.7. The van der Waals surface area contributed by atoms with E-state index in [4.69, 9.17) is 9.47 Å². The zero-order valence-corrected chi connectivity index (χ0v) is 22.3. The SMILES string of the molecule is COc1cc(C)c2c(ccn2C(=O)OC(C)(C)C)c1CN1CCC2(CC1c1ccccc1)CC(F)(F)C2. The van der Waals surface area contributed by atoms with Crippen LogP contribution in [-0.4, -0.2) is 40.7 Å². The third-order valence-electron chi connectivity index (χ3n) is 7.85. The molecule has 5 rings (SSSR count). The summed E-state index contributed by atoms with van der Waals surface area (Å²) in [5, 5.41) is 0.935. The standard InChI is InChI=1S/C30H36F2N2O3/c1-20-15-25(36-5)23(22-11-13-34(26(20)22)27(35)37-28(2,3)4)17-33-14-12-29(18-30(31,32)19-29)16-24(33)21-9-7-6-8-10-21/h6-11,13,15,24H,12,14,16-19H2,1-5H3. The Morgan fingerprint density at radius 1 is 1.14 bits per heavy atom. The van der Waals surface area contributed by atoms with E-state index in [-0.39, 0.29) is 24.3 Å². The van der Waals surface area contributed by atoms with Crippen molar-refractivity contribution >= 4 is 17.0 Å². The summed E-state index contributed by atoms with van der Waals surface area (Å²) in [7, 11) is 1.66. The number of rotatable bonds is 4. The third kappa shape index (κ3) is 4.98. The van der Waals surface area contributed by atoms with E-state index in [9.17, 15) is 13.6 Å². The fraction of sp³-hybridized carbons (Fsp3) is 0.500. The molecule has 198 valence electrons. The molecule has 0 radical (unpaired) electrons. The maximum Gasteiger partial charge on any atom is 0.419 e. The molecule has 2 fully saturated rings. The van der Waals surface area contributed by atoms with Crippen molar-refractivity contribution < 1.29 is 23.0 Å². The number of carbonyl (C=O) groups excluding carboxylic acids is 1. The molecule has 1 aliphatic carbocycles. The minimum absolute atomic E-state index is 0.0198. The minimum Gasteiger partial charge on any atom is -0.496 e. The number of piperidine rings is 1. The number of benzene rings is 2. The van der Waals surface area contributed by atoms with Crippen molar-refractivity contribution in [2.75, 3.05) is 13.7 Å². The van der Waals surface area contributed by atoms with Gasteiger partial charge in [0.15, 0.2) is 0 Å². The summed E-state index contributed by atoms with van der Waals surface area (Å²) >= 11 is 0. The highest BCUT2D eigenvalue weighted by Crippen LogP contribution is 2.60. The van der Waals surface area contributed by atoms with Crippen LogP contribution in [0.5, 0.6) is 5.75 Å². The van der Waals surface area contributed by atoms with Gasteiger partial charge in [-0.05, 0) is 75.8 Å². The molecular weight excluding hydrogens is 474 g/mol. The van der Waals surface area contributed by atoms with E-state index in [0.717, 1.165) is 46.3 Å². The lowest BCUT2D eigenvalue weighted by atomic mass is 9.59. The zero-order valence-electron chi connectivity index (χ0n) is 22.3. The number of ether oxygens (including phenoxy) is 2. The molecule has 0 amide bonds. The summed E-state index contributed by atoms with van der Waals surface area (Å²) in [4.78, 5) is 15.4. The molecule has 0 bridgehead atoms. The van der Waals surface area contributed by atoms with E-state index in [1.165, 1.54) is 0 Å². The third-order valence-corrected chi connectivity index (χ3v) is 7.85. The van der Waals surface area contributed by atoms with Crippen LogP contribution >= 0.6 is 0 Å². The summed E-state index contributed by atoms with van der Waals surface area (Å²) in [5.74, 6) is -1.78. The second-order valence-corrected chi connectivity index (χ2v) is 11.9. The van der Waals surface area contributed by atoms with Gasteiger partial charge in [0.2, 0.25) is 5.92 Å². The highest BCUT2D eigenvalue weighted by Gasteiger charge is 2.58. The van der Waals surface area contributed by atoms with Crippen LogP contribution in [0.1, 0.15) is 69.2 Å². The Hall–Kier alpha value is -2.93. The van der Waals surface area contributed by atoms with Gasteiger partial charge in [-0.25, -0.2) is 13.6 Å². The molecule has 2 heterocycles. The normalized spacial score (nSPS) is 21.1. The Labute approximate surface area is 217 Å². The Morgan fingerprint density at radius 2 is 1.84 bits per heavy atom. The number of aromatic nitrogens is 1. The van der Waals surface area contributed by atoms with Gasteiger partial charge in [-0.1, -0.05) is 30.3 Å². The van der Waals surface area contributed by atoms with Gasteiger partial charge in [0.1, 0.15) is 11.4 Å². The van der Waals surface area contributed by atoms with E-state index in [1.54, 1.807) is 17.9 Å². The van der Waals surface area contributed by atoms with E-state index in [0.29, 0.717) is 13.0 Å². The lowest BCUT2D eigenvalue weighted by Gasteiger charge is -2.54. The Balaban J connectivity index is 1.52. The van der Waals surface area contributed by atoms with Crippen molar-refractivity contribution in [2.45, 2.75) is 77.5 Å². The van der Waals surface area contributed by atoms with Crippen LogP contribution in [0.15, 0.2) is 48.7 Å². The van der Waals surface area contributed by atoms with Crippen LogP contribution in [-0.2, 0) is 11.3 Å². The fourth-order valence-electron chi connectivity index (χ4n) is 6.31. The van der Waals surface area contributed by atoms with Crippen LogP contribution in [0.2, 0.25) is 0 Å². The van der Waals surface area contributed by atoms with Gasteiger partial charge in [0, 0.05) is 42.6 Å². The van der Waals surface area contributed by atoms with Gasteiger partial charge in [-0.3, -0.25) is 9.47 Å². The van der Waals surface area contributed by atoms with Gasteiger partial charge in [-0.15, -0.1) is 0 Å². The number of likely N-dealkylation sites (tertiary alicyclic amines) is 1. The predicted octanol–water partition coefficient (Wildman–Crippen LogP) is 7.49. The first-order valence-corrected chi connectivity index (χ1v) is 13.0. The molecule has 1 aromatic heterocycles. The van der Waals surface area contributed by atoms with Crippen molar-refractivity contribution in [3.05, 3.63) is 65.4 Å². The lowest BCUT2D eigenvalue weighted by molar-refractivity contribution is -0.186. The highest BCUT2D eigenvalue weighted by atomic mass is 19.3. The van der Waals surface area contributed by atoms with Crippen molar-refractivity contribution in [1.29, 1.82) is 0 Å². The van der Waals surface area contributed by atoms with E-state index < -0.39 is 17.6 Å². The molecule has 3 aromatic rings. The Kier molecular flexibility index (Phi) is 6.34. The molecule has 2 aliphatic rings. The van der Waals surface area contributed by atoms with Crippen LogP contribution in [0.4, 0.5) is 13.6 Å². The van der Waals surface area contributed by atoms with Crippen molar-refractivity contribution in [3.63, 3.8) is 0 Å². The smallest absolute Gasteiger partial charge is 0.419 e. The van der Waals surface area contributed by atoms with Gasteiger partial charge in [-0.2, -0.15) is 0 Å². The molecule has 2 aromatic carbocycles. The van der Waals surface area contributed by atoms with E-state index >= 15 is 0 Å². The Bertz CT molecular complexity index is 1300. The molecule has 37 heavy (non-hydrogen) atoms. The number of carbonyl (C=O) groups is 1. The average Bonchev–Trinajstić information content (AvgIpc) is 3.26. The highest BCUT2D eigenvalue weighted by molar-refractivity contribution is 5.95. The molecule has 1 saturated heterocycles. The van der Waals surface area contributed by atoms with Gasteiger partial charge in [0.05, 0.1) is 12.6 Å². The van der Waals surface area contributed by atoms with Crippen molar-refractivity contribution in [3.8, 4) is 5.75 Å². The summed E-state index contributed by atoms with van der Waals surface area (Å²) in [5.41, 5.74) is 2.94. The number of aryl methyl sites for hydroxylation is 1. The number of fused-ring (bicyclic) bond motifs is 1. The second kappa shape index (κ2) is 9.12. The van der Waals surface area contributed by atoms with Crippen molar-refractivity contribution in [2.24, 2.45) is 5.41 Å². The maximum absolute atomic E-state index is 14.0. The molecule has 7 heteroatoms. The van der Waals surface area contributed by atoms with Crippen LogP contribution in [0.25, 0.3) is 10.9 Å². The molecule has 1 saturated carbocycles. The number of hydrogen-bond donors (Lipinski definition) is 0. The number of methoxy groups -OCH3 is 1. The predicted molar refractivity (Wildman–Crippen MR) is 140 cm³/mol. The summed E-state index contributed by atoms with van der Waals surface area (Å²) in [6, 6.07) is 14.1. The van der Waals surface area contributed by atoms with Crippen LogP contribution in [0, 0.1) is 12.3 Å². The molecule has 5 nitrogen and oxygen atoms in total. The summed E-state index contributed by atoms with van der Waals surface area (Å²) in [6.07, 6.45) is 2.76. The molecule has 1 aliphatic heterocycles. The molecular formula is C30H36F2N2O3. The number of hydrogen-bond acceptors (Lipinski definition) is 4. The first-order valence-electron chi connectivity index (χ1n) is 13.0. The number of nitrogens with zero attached hydrogens (tertiary/aromatic N) is 2.